The molecule has 94 valence electrons. The molecule has 0 radical (unpaired) electrons. The number of hydrogen-bond acceptors (Lipinski definition) is 4. The predicted octanol–water partition coefficient (Wildman–Crippen LogP) is 2.75. The minimum Gasteiger partial charge on any atom is -0.497 e. The molecule has 5 heteroatoms. The van der Waals surface area contributed by atoms with Gasteiger partial charge in [0.15, 0.2) is 0 Å². The lowest BCUT2D eigenvalue weighted by molar-refractivity contribution is 0.0663. The first-order valence-corrected chi connectivity index (χ1v) is 5.32. The minimum absolute atomic E-state index is 0.0784. The molecule has 0 spiro atoms. The zero-order valence-electron chi connectivity index (χ0n) is 10.1. The third-order valence-corrected chi connectivity index (χ3v) is 2.59. The van der Waals surface area contributed by atoms with Crippen LogP contribution in [0.4, 0.5) is 11.6 Å². The van der Waals surface area contributed by atoms with Crippen molar-refractivity contribution in [2.24, 2.45) is 0 Å². The highest BCUT2D eigenvalue weighted by Gasteiger charge is 2.12. The summed E-state index contributed by atoms with van der Waals surface area (Å²) in [6, 6.07) is 10.4. The van der Waals surface area contributed by atoms with Crippen molar-refractivity contribution in [2.75, 3.05) is 19.1 Å². The summed E-state index contributed by atoms with van der Waals surface area (Å²) in [6.07, 6.45) is 0. The molecule has 2 rings (SSSR count). The Balaban J connectivity index is 2.23. The first-order valence-electron chi connectivity index (χ1n) is 5.32. The number of nitrogens with zero attached hydrogens (tertiary/aromatic N) is 1. The van der Waals surface area contributed by atoms with Gasteiger partial charge in [-0.15, -0.1) is 0 Å². The zero-order chi connectivity index (χ0) is 13.1. The van der Waals surface area contributed by atoms with Gasteiger partial charge in [0.05, 0.1) is 7.11 Å². The summed E-state index contributed by atoms with van der Waals surface area (Å²) in [5, 5.41) is 8.79. The Bertz CT molecular complexity index is 544. The highest BCUT2D eigenvalue weighted by molar-refractivity contribution is 5.85. The van der Waals surface area contributed by atoms with Crippen molar-refractivity contribution in [1.82, 2.24) is 0 Å². The van der Waals surface area contributed by atoms with Crippen LogP contribution in [0.2, 0.25) is 0 Å². The molecule has 1 N–H and O–H groups in total. The maximum atomic E-state index is 10.7. The van der Waals surface area contributed by atoms with Crippen LogP contribution >= 0.6 is 0 Å². The summed E-state index contributed by atoms with van der Waals surface area (Å²) in [6.45, 7) is 0. The van der Waals surface area contributed by atoms with Gasteiger partial charge in [0.2, 0.25) is 11.6 Å². The first kappa shape index (κ1) is 12.0. The second-order valence-electron chi connectivity index (χ2n) is 3.70. The molecule has 1 heterocycles. The number of aromatic carboxylic acids is 1. The number of methoxy groups -OCH3 is 1. The van der Waals surface area contributed by atoms with Crippen LogP contribution in [0.15, 0.2) is 40.8 Å². The molecular formula is C13H13NO4. The maximum absolute atomic E-state index is 10.7. The number of carbonyl (C=O) groups is 1. The van der Waals surface area contributed by atoms with Gasteiger partial charge in [-0.3, -0.25) is 0 Å². The molecule has 18 heavy (non-hydrogen) atoms. The van der Waals surface area contributed by atoms with Crippen LogP contribution in [0.3, 0.4) is 0 Å². The van der Waals surface area contributed by atoms with E-state index in [0.717, 1.165) is 11.4 Å². The van der Waals surface area contributed by atoms with E-state index in [9.17, 15) is 4.79 Å². The lowest BCUT2D eigenvalue weighted by atomic mass is 10.3. The van der Waals surface area contributed by atoms with Crippen LogP contribution in [-0.2, 0) is 0 Å². The summed E-state index contributed by atoms with van der Waals surface area (Å²) in [7, 11) is 3.40. The van der Waals surface area contributed by atoms with Gasteiger partial charge in [0, 0.05) is 18.8 Å². The van der Waals surface area contributed by atoms with Crippen molar-refractivity contribution in [2.45, 2.75) is 0 Å². The van der Waals surface area contributed by atoms with Crippen molar-refractivity contribution in [3.05, 3.63) is 42.2 Å². The fraction of sp³-hybridized carbons (Fsp3) is 0.154. The lowest BCUT2D eigenvalue weighted by Gasteiger charge is -2.16. The molecule has 0 fully saturated rings. The van der Waals surface area contributed by atoms with Crippen molar-refractivity contribution in [3.8, 4) is 5.75 Å². The molecule has 0 saturated heterocycles. The Morgan fingerprint density at radius 1 is 1.22 bits per heavy atom. The fourth-order valence-corrected chi connectivity index (χ4v) is 1.56. The minimum atomic E-state index is -1.08. The van der Waals surface area contributed by atoms with E-state index in [4.69, 9.17) is 14.3 Å². The Kier molecular flexibility index (Phi) is 3.23. The molecule has 0 atom stereocenters. The summed E-state index contributed by atoms with van der Waals surface area (Å²) in [5.41, 5.74) is 0.877. The van der Waals surface area contributed by atoms with Gasteiger partial charge in [-0.1, -0.05) is 0 Å². The quantitative estimate of drug-likeness (QED) is 0.900. The average Bonchev–Trinajstić information content (AvgIpc) is 2.88. The molecule has 0 unspecified atom stereocenters. The van der Waals surface area contributed by atoms with E-state index in [1.54, 1.807) is 25.1 Å². The predicted molar refractivity (Wildman–Crippen MR) is 66.7 cm³/mol. The smallest absolute Gasteiger partial charge is 0.371 e. The fourth-order valence-electron chi connectivity index (χ4n) is 1.56. The van der Waals surface area contributed by atoms with Crippen molar-refractivity contribution in [1.29, 1.82) is 0 Å². The van der Waals surface area contributed by atoms with Crippen LogP contribution in [0.1, 0.15) is 10.6 Å². The number of hydrogen-bond donors (Lipinski definition) is 1. The molecule has 0 bridgehead atoms. The molecule has 0 aliphatic heterocycles. The Morgan fingerprint density at radius 3 is 2.39 bits per heavy atom. The van der Waals surface area contributed by atoms with Gasteiger partial charge in [-0.2, -0.15) is 0 Å². The van der Waals surface area contributed by atoms with Crippen LogP contribution in [0.25, 0.3) is 0 Å². The van der Waals surface area contributed by atoms with Crippen LogP contribution in [0, 0.1) is 0 Å². The largest absolute Gasteiger partial charge is 0.497 e. The number of ether oxygens (including phenoxy) is 1. The summed E-state index contributed by atoms with van der Waals surface area (Å²) >= 11 is 0. The Morgan fingerprint density at radius 2 is 1.89 bits per heavy atom. The molecule has 1 aromatic carbocycles. The molecule has 0 saturated carbocycles. The molecule has 0 aliphatic carbocycles. The summed E-state index contributed by atoms with van der Waals surface area (Å²) < 4.78 is 10.3. The maximum Gasteiger partial charge on any atom is 0.371 e. The van der Waals surface area contributed by atoms with E-state index in [-0.39, 0.29) is 5.76 Å². The van der Waals surface area contributed by atoms with Gasteiger partial charge in [-0.25, -0.2) is 4.79 Å². The number of anilines is 2. The Labute approximate surface area is 104 Å². The average molecular weight is 247 g/mol. The normalized spacial score (nSPS) is 10.1. The van der Waals surface area contributed by atoms with Gasteiger partial charge in [0.1, 0.15) is 5.75 Å². The number of rotatable bonds is 4. The van der Waals surface area contributed by atoms with E-state index in [0.29, 0.717) is 5.88 Å². The second-order valence-corrected chi connectivity index (χ2v) is 3.70. The summed E-state index contributed by atoms with van der Waals surface area (Å²) in [5.74, 6) is 0.0742. The van der Waals surface area contributed by atoms with Crippen LogP contribution in [0.5, 0.6) is 5.75 Å². The van der Waals surface area contributed by atoms with Gasteiger partial charge < -0.3 is 19.2 Å². The second kappa shape index (κ2) is 4.83. The van der Waals surface area contributed by atoms with Crippen LogP contribution < -0.4 is 9.64 Å². The molecular weight excluding hydrogens is 234 g/mol. The summed E-state index contributed by atoms with van der Waals surface area (Å²) in [4.78, 5) is 12.5. The van der Waals surface area contributed by atoms with Crippen molar-refractivity contribution >= 4 is 17.5 Å². The number of benzene rings is 1. The third-order valence-electron chi connectivity index (χ3n) is 2.59. The monoisotopic (exact) mass is 247 g/mol. The molecule has 0 amide bonds. The van der Waals surface area contributed by atoms with Gasteiger partial charge in [-0.05, 0) is 30.3 Å². The highest BCUT2D eigenvalue weighted by Crippen LogP contribution is 2.27. The van der Waals surface area contributed by atoms with E-state index in [1.165, 1.54) is 6.07 Å². The van der Waals surface area contributed by atoms with Gasteiger partial charge >= 0.3 is 5.97 Å². The highest BCUT2D eigenvalue weighted by atomic mass is 16.5. The van der Waals surface area contributed by atoms with E-state index >= 15 is 0 Å². The van der Waals surface area contributed by atoms with E-state index in [1.807, 2.05) is 24.3 Å². The molecule has 1 aromatic heterocycles. The topological polar surface area (TPSA) is 62.9 Å². The SMILES string of the molecule is COc1ccc(N(C)c2ccc(C(=O)O)o2)cc1. The van der Waals surface area contributed by atoms with E-state index in [2.05, 4.69) is 0 Å². The standard InChI is InChI=1S/C13H13NO4/c1-14(9-3-5-10(17-2)6-4-9)12-8-7-11(18-12)13(15)16/h3-8H,1-2H3,(H,15,16). The number of carboxylic acid groups (broad SMARTS) is 1. The van der Waals surface area contributed by atoms with Gasteiger partial charge in [0.25, 0.3) is 0 Å². The number of furan rings is 1. The molecule has 0 aliphatic rings. The van der Waals surface area contributed by atoms with Crippen LogP contribution in [-0.4, -0.2) is 25.2 Å². The first-order chi connectivity index (χ1) is 8.61. The number of carboxylic acids is 1. The van der Waals surface area contributed by atoms with Crippen molar-refractivity contribution < 1.29 is 19.1 Å². The molecule has 5 nitrogen and oxygen atoms in total. The third kappa shape index (κ3) is 2.29. The van der Waals surface area contributed by atoms with E-state index < -0.39 is 5.97 Å². The van der Waals surface area contributed by atoms with Crippen molar-refractivity contribution in [3.63, 3.8) is 0 Å². The lowest BCUT2D eigenvalue weighted by Crippen LogP contribution is -2.08. The zero-order valence-corrected chi connectivity index (χ0v) is 10.1. The Hall–Kier alpha value is -2.43. The molecule has 2 aromatic rings.